The first-order chi connectivity index (χ1) is 13.5. The molecule has 4 nitrogen and oxygen atoms in total. The number of hydrogen-bond acceptors (Lipinski definition) is 3. The van der Waals surface area contributed by atoms with E-state index in [1.165, 1.54) is 63.6 Å². The molecule has 0 N–H and O–H groups in total. The van der Waals surface area contributed by atoms with Gasteiger partial charge in [0.2, 0.25) is 0 Å². The van der Waals surface area contributed by atoms with Crippen LogP contribution in [0.25, 0.3) is 0 Å². The van der Waals surface area contributed by atoms with Crippen LogP contribution in [0.4, 0.5) is 0 Å². The summed E-state index contributed by atoms with van der Waals surface area (Å²) in [6, 6.07) is 1.51. The van der Waals surface area contributed by atoms with Crippen molar-refractivity contribution in [2.24, 2.45) is 5.92 Å². The second-order valence-corrected chi connectivity index (χ2v) is 8.49. The standard InChI is InChI=1S/C17H29N3.C5H10O.C2H6/c1-14(2)15-12-18-20(13-15)17-8-10-19(11-9-17)16-6-4-3-5-7-16;1-3-5(2)4-6;1-2/h12-14,16-17H,3-11H2,1-2H3;4-5H,3H2,1-2H3;1-2H3. The van der Waals surface area contributed by atoms with Gasteiger partial charge in [-0.25, -0.2) is 0 Å². The molecular formula is C24H45N3O. The van der Waals surface area contributed by atoms with Crippen molar-refractivity contribution in [1.29, 1.82) is 0 Å². The lowest BCUT2D eigenvalue weighted by Crippen LogP contribution is -2.42. The molecule has 1 aromatic heterocycles. The number of nitrogens with zero attached hydrogens (tertiary/aromatic N) is 3. The molecule has 0 amide bonds. The monoisotopic (exact) mass is 391 g/mol. The van der Waals surface area contributed by atoms with E-state index < -0.39 is 0 Å². The molecule has 2 heterocycles. The highest BCUT2D eigenvalue weighted by Crippen LogP contribution is 2.29. The van der Waals surface area contributed by atoms with Crippen LogP contribution in [0, 0.1) is 5.92 Å². The van der Waals surface area contributed by atoms with Crippen molar-refractivity contribution in [3.63, 3.8) is 0 Å². The number of aromatic nitrogens is 2. The van der Waals surface area contributed by atoms with Crippen LogP contribution in [0.15, 0.2) is 12.4 Å². The Morgan fingerprint density at radius 2 is 1.64 bits per heavy atom. The van der Waals surface area contributed by atoms with E-state index in [4.69, 9.17) is 0 Å². The molecule has 1 unspecified atom stereocenters. The summed E-state index contributed by atoms with van der Waals surface area (Å²) in [7, 11) is 0. The lowest BCUT2D eigenvalue weighted by atomic mass is 9.92. The molecule has 28 heavy (non-hydrogen) atoms. The maximum Gasteiger partial charge on any atom is 0.122 e. The van der Waals surface area contributed by atoms with Gasteiger partial charge in [0.25, 0.3) is 0 Å². The van der Waals surface area contributed by atoms with Crippen LogP contribution in [0.2, 0.25) is 0 Å². The molecule has 1 aromatic rings. The number of carbonyl (C=O) groups is 1. The van der Waals surface area contributed by atoms with Gasteiger partial charge >= 0.3 is 0 Å². The molecule has 1 saturated heterocycles. The lowest BCUT2D eigenvalue weighted by molar-refractivity contribution is -0.110. The minimum Gasteiger partial charge on any atom is -0.303 e. The first-order valence-electron chi connectivity index (χ1n) is 11.8. The molecule has 2 fully saturated rings. The zero-order valence-corrected chi connectivity index (χ0v) is 19.4. The maximum atomic E-state index is 9.74. The fourth-order valence-electron chi connectivity index (χ4n) is 3.91. The summed E-state index contributed by atoms with van der Waals surface area (Å²) in [4.78, 5) is 12.5. The van der Waals surface area contributed by atoms with Crippen molar-refractivity contribution < 1.29 is 4.79 Å². The summed E-state index contributed by atoms with van der Waals surface area (Å²) in [6.07, 6.45) is 16.0. The average Bonchev–Trinajstić information content (AvgIpc) is 3.26. The number of piperidine rings is 1. The zero-order valence-electron chi connectivity index (χ0n) is 19.4. The van der Waals surface area contributed by atoms with Crippen molar-refractivity contribution in [1.82, 2.24) is 14.7 Å². The SMILES string of the molecule is CC.CC(C)c1cnn(C2CCN(C3CCCCC3)CC2)c1.CCC(C)C=O. The Balaban J connectivity index is 0.000000422. The minimum absolute atomic E-state index is 0.255. The van der Waals surface area contributed by atoms with Crippen molar-refractivity contribution in [2.45, 2.75) is 111 Å². The summed E-state index contributed by atoms with van der Waals surface area (Å²) >= 11 is 0. The molecule has 162 valence electrons. The molecule has 1 saturated carbocycles. The van der Waals surface area contributed by atoms with Crippen LogP contribution < -0.4 is 0 Å². The number of hydrogen-bond donors (Lipinski definition) is 0. The molecule has 0 radical (unpaired) electrons. The van der Waals surface area contributed by atoms with Gasteiger partial charge in [-0.3, -0.25) is 4.68 Å². The van der Waals surface area contributed by atoms with Gasteiger partial charge in [-0.05, 0) is 43.6 Å². The van der Waals surface area contributed by atoms with Gasteiger partial charge in [0.15, 0.2) is 0 Å². The van der Waals surface area contributed by atoms with E-state index in [1.807, 2.05) is 27.7 Å². The van der Waals surface area contributed by atoms with Gasteiger partial charge in [-0.2, -0.15) is 5.10 Å². The normalized spacial score (nSPS) is 20.0. The van der Waals surface area contributed by atoms with E-state index in [1.54, 1.807) is 0 Å². The fourth-order valence-corrected chi connectivity index (χ4v) is 3.91. The predicted molar refractivity (Wildman–Crippen MR) is 120 cm³/mol. The van der Waals surface area contributed by atoms with E-state index in [9.17, 15) is 4.79 Å². The number of likely N-dealkylation sites (tertiary alicyclic amines) is 1. The minimum atomic E-state index is 0.255. The molecule has 1 aliphatic carbocycles. The first-order valence-corrected chi connectivity index (χ1v) is 11.8. The highest BCUT2D eigenvalue weighted by atomic mass is 16.1. The van der Waals surface area contributed by atoms with E-state index in [0.29, 0.717) is 12.0 Å². The Labute approximate surface area is 174 Å². The van der Waals surface area contributed by atoms with Crippen LogP contribution >= 0.6 is 0 Å². The Morgan fingerprint density at radius 3 is 2.07 bits per heavy atom. The van der Waals surface area contributed by atoms with Crippen LogP contribution in [0.5, 0.6) is 0 Å². The van der Waals surface area contributed by atoms with Gasteiger partial charge < -0.3 is 9.69 Å². The Kier molecular flexibility index (Phi) is 12.4. The van der Waals surface area contributed by atoms with Crippen LogP contribution in [-0.2, 0) is 4.79 Å². The molecule has 1 atom stereocenters. The second kappa shape index (κ2) is 13.9. The van der Waals surface area contributed by atoms with Gasteiger partial charge in [0, 0.05) is 31.2 Å². The molecule has 0 aromatic carbocycles. The van der Waals surface area contributed by atoms with Crippen LogP contribution in [-0.4, -0.2) is 40.1 Å². The Hall–Kier alpha value is -1.16. The van der Waals surface area contributed by atoms with Gasteiger partial charge in [0.1, 0.15) is 6.29 Å². The molecule has 0 spiro atoms. The molecule has 4 heteroatoms. The quantitative estimate of drug-likeness (QED) is 0.558. The average molecular weight is 392 g/mol. The summed E-state index contributed by atoms with van der Waals surface area (Å²) < 4.78 is 2.23. The number of carbonyl (C=O) groups excluding carboxylic acids is 1. The van der Waals surface area contributed by atoms with Gasteiger partial charge in [-0.15, -0.1) is 0 Å². The first kappa shape index (κ1) is 24.9. The molecule has 0 bridgehead atoms. The summed E-state index contributed by atoms with van der Waals surface area (Å²) in [5, 5.41) is 4.60. The highest BCUT2D eigenvalue weighted by Gasteiger charge is 2.27. The van der Waals surface area contributed by atoms with Crippen LogP contribution in [0.1, 0.15) is 110 Å². The molecular weight excluding hydrogens is 346 g/mol. The van der Waals surface area contributed by atoms with E-state index in [0.717, 1.165) is 18.7 Å². The Bertz CT molecular complexity index is 512. The third-order valence-electron chi connectivity index (χ3n) is 6.13. The summed E-state index contributed by atoms with van der Waals surface area (Å²) in [5.41, 5.74) is 1.37. The summed E-state index contributed by atoms with van der Waals surface area (Å²) in [5.74, 6) is 0.844. The predicted octanol–water partition coefficient (Wildman–Crippen LogP) is 6.23. The smallest absolute Gasteiger partial charge is 0.122 e. The number of aldehydes is 1. The topological polar surface area (TPSA) is 38.1 Å². The third kappa shape index (κ3) is 8.06. The number of rotatable bonds is 5. The Morgan fingerprint density at radius 1 is 1.04 bits per heavy atom. The molecule has 3 rings (SSSR count). The van der Waals surface area contributed by atoms with E-state index in [2.05, 4.69) is 40.9 Å². The fraction of sp³-hybridized carbons (Fsp3) is 0.833. The van der Waals surface area contributed by atoms with Crippen molar-refractivity contribution in [3.05, 3.63) is 18.0 Å². The highest BCUT2D eigenvalue weighted by molar-refractivity contribution is 5.52. The summed E-state index contributed by atoms with van der Waals surface area (Å²) in [6.45, 7) is 14.9. The zero-order chi connectivity index (χ0) is 20.9. The van der Waals surface area contributed by atoms with Crippen molar-refractivity contribution in [2.75, 3.05) is 13.1 Å². The molecule has 2 aliphatic rings. The largest absolute Gasteiger partial charge is 0.303 e. The second-order valence-electron chi connectivity index (χ2n) is 8.49. The van der Waals surface area contributed by atoms with E-state index in [-0.39, 0.29) is 5.92 Å². The maximum absolute atomic E-state index is 9.74. The third-order valence-corrected chi connectivity index (χ3v) is 6.13. The van der Waals surface area contributed by atoms with Gasteiger partial charge in [-0.1, -0.05) is 60.8 Å². The lowest BCUT2D eigenvalue weighted by Gasteiger charge is -2.39. The van der Waals surface area contributed by atoms with Crippen LogP contribution in [0.3, 0.4) is 0 Å². The van der Waals surface area contributed by atoms with Crippen molar-refractivity contribution >= 4 is 6.29 Å². The van der Waals surface area contributed by atoms with Gasteiger partial charge in [0.05, 0.1) is 12.2 Å². The van der Waals surface area contributed by atoms with Crippen molar-refractivity contribution in [3.8, 4) is 0 Å². The molecule has 1 aliphatic heterocycles. The van der Waals surface area contributed by atoms with E-state index >= 15 is 0 Å².